The number of benzene rings is 2. The highest BCUT2D eigenvalue weighted by Gasteiger charge is 2.25. The summed E-state index contributed by atoms with van der Waals surface area (Å²) in [6.45, 7) is 3.87. The Labute approximate surface area is 199 Å². The number of amides is 1. The SMILES string of the molecule is CN=C(NCCOc1cccc2ccccc12)N1CCN(C(=O)c2ccco2)CC1.I. The highest BCUT2D eigenvalue weighted by atomic mass is 127. The van der Waals surface area contributed by atoms with Gasteiger partial charge in [0.1, 0.15) is 12.4 Å². The zero-order chi connectivity index (χ0) is 20.8. The van der Waals surface area contributed by atoms with Crippen molar-refractivity contribution in [1.82, 2.24) is 15.1 Å². The third kappa shape index (κ3) is 5.49. The van der Waals surface area contributed by atoms with Gasteiger partial charge in [-0.3, -0.25) is 9.79 Å². The molecule has 2 aromatic carbocycles. The van der Waals surface area contributed by atoms with Gasteiger partial charge in [-0.2, -0.15) is 0 Å². The molecule has 0 bridgehead atoms. The van der Waals surface area contributed by atoms with E-state index in [0.717, 1.165) is 30.2 Å². The molecule has 0 unspecified atom stereocenters. The first kappa shape index (κ1) is 22.9. The Balaban J connectivity index is 0.00000272. The van der Waals surface area contributed by atoms with Crippen molar-refractivity contribution >= 4 is 46.6 Å². The summed E-state index contributed by atoms with van der Waals surface area (Å²) in [5.74, 6) is 2.03. The van der Waals surface area contributed by atoms with E-state index in [9.17, 15) is 4.79 Å². The molecule has 1 amide bonds. The lowest BCUT2D eigenvalue weighted by Crippen LogP contribution is -2.54. The van der Waals surface area contributed by atoms with Crippen molar-refractivity contribution in [2.45, 2.75) is 0 Å². The standard InChI is InChI=1S/C23H26N4O3.HI/c1-24-23(27-14-12-26(13-15-27)22(28)21-10-5-16-29-21)25-11-17-30-20-9-4-7-18-6-2-3-8-19(18)20;/h2-10,16H,11-15,17H2,1H3,(H,24,25);1H. The molecule has 7 nitrogen and oxygen atoms in total. The molecule has 0 spiro atoms. The van der Waals surface area contributed by atoms with Gasteiger partial charge in [0.25, 0.3) is 5.91 Å². The minimum absolute atomic E-state index is 0. The number of hydrogen-bond acceptors (Lipinski definition) is 4. The summed E-state index contributed by atoms with van der Waals surface area (Å²) in [5.41, 5.74) is 0. The topological polar surface area (TPSA) is 70.3 Å². The quantitative estimate of drug-likeness (QED) is 0.235. The Morgan fingerprint density at radius 2 is 1.77 bits per heavy atom. The van der Waals surface area contributed by atoms with E-state index < -0.39 is 0 Å². The minimum Gasteiger partial charge on any atom is -0.491 e. The van der Waals surface area contributed by atoms with Gasteiger partial charge in [0, 0.05) is 38.6 Å². The molecule has 1 aliphatic heterocycles. The number of halogens is 1. The summed E-state index contributed by atoms with van der Waals surface area (Å²) in [4.78, 5) is 20.7. The largest absolute Gasteiger partial charge is 0.491 e. The Hall–Kier alpha value is -2.75. The Morgan fingerprint density at radius 1 is 1.03 bits per heavy atom. The number of aliphatic imine (C=N–C) groups is 1. The van der Waals surface area contributed by atoms with E-state index >= 15 is 0 Å². The molecule has 1 N–H and O–H groups in total. The van der Waals surface area contributed by atoms with Crippen molar-refractivity contribution in [2.24, 2.45) is 4.99 Å². The van der Waals surface area contributed by atoms with E-state index in [1.807, 2.05) is 29.2 Å². The van der Waals surface area contributed by atoms with Crippen LogP contribution < -0.4 is 10.1 Å². The number of nitrogens with one attached hydrogen (secondary N) is 1. The van der Waals surface area contributed by atoms with Gasteiger partial charge in [-0.15, -0.1) is 24.0 Å². The average molecular weight is 534 g/mol. The van der Waals surface area contributed by atoms with E-state index in [1.54, 1.807) is 19.2 Å². The zero-order valence-corrected chi connectivity index (χ0v) is 19.8. The van der Waals surface area contributed by atoms with Gasteiger partial charge >= 0.3 is 0 Å². The maximum Gasteiger partial charge on any atom is 0.289 e. The number of hydrogen-bond donors (Lipinski definition) is 1. The first-order valence-electron chi connectivity index (χ1n) is 10.1. The van der Waals surface area contributed by atoms with Gasteiger partial charge in [-0.05, 0) is 23.6 Å². The first-order valence-corrected chi connectivity index (χ1v) is 10.1. The molecule has 2 heterocycles. The van der Waals surface area contributed by atoms with E-state index in [4.69, 9.17) is 9.15 Å². The fraction of sp³-hybridized carbons (Fsp3) is 0.304. The molecule has 1 aliphatic rings. The second-order valence-corrected chi connectivity index (χ2v) is 7.06. The maximum atomic E-state index is 12.4. The fourth-order valence-corrected chi connectivity index (χ4v) is 3.66. The molecule has 1 fully saturated rings. The summed E-state index contributed by atoms with van der Waals surface area (Å²) < 4.78 is 11.2. The van der Waals surface area contributed by atoms with Crippen molar-refractivity contribution in [1.29, 1.82) is 0 Å². The number of carbonyl (C=O) groups is 1. The number of fused-ring (bicyclic) bond motifs is 1. The molecule has 3 aromatic rings. The van der Waals surface area contributed by atoms with Crippen LogP contribution in [-0.2, 0) is 0 Å². The van der Waals surface area contributed by atoms with E-state index in [-0.39, 0.29) is 29.9 Å². The van der Waals surface area contributed by atoms with E-state index in [1.165, 1.54) is 11.6 Å². The Bertz CT molecular complexity index is 1010. The lowest BCUT2D eigenvalue weighted by Gasteiger charge is -2.36. The van der Waals surface area contributed by atoms with Crippen LogP contribution in [0, 0.1) is 0 Å². The van der Waals surface area contributed by atoms with Crippen molar-refractivity contribution in [2.75, 3.05) is 46.4 Å². The van der Waals surface area contributed by atoms with Crippen LogP contribution in [0.4, 0.5) is 0 Å². The number of rotatable bonds is 5. The van der Waals surface area contributed by atoms with Gasteiger partial charge < -0.3 is 24.3 Å². The molecule has 0 radical (unpaired) electrons. The number of carbonyl (C=O) groups excluding carboxylic acids is 1. The number of piperazine rings is 1. The lowest BCUT2D eigenvalue weighted by atomic mass is 10.1. The van der Waals surface area contributed by atoms with E-state index in [2.05, 4.69) is 33.4 Å². The summed E-state index contributed by atoms with van der Waals surface area (Å²) >= 11 is 0. The third-order valence-electron chi connectivity index (χ3n) is 5.20. The van der Waals surface area contributed by atoms with Gasteiger partial charge in [-0.1, -0.05) is 36.4 Å². The third-order valence-corrected chi connectivity index (χ3v) is 5.20. The van der Waals surface area contributed by atoms with E-state index in [0.29, 0.717) is 32.0 Å². The van der Waals surface area contributed by atoms with Crippen LogP contribution in [0.25, 0.3) is 10.8 Å². The van der Waals surface area contributed by atoms with Crippen LogP contribution >= 0.6 is 24.0 Å². The van der Waals surface area contributed by atoms with Crippen LogP contribution in [-0.4, -0.2) is 68.0 Å². The molecule has 31 heavy (non-hydrogen) atoms. The predicted molar refractivity (Wildman–Crippen MR) is 132 cm³/mol. The predicted octanol–water partition coefficient (Wildman–Crippen LogP) is 3.46. The summed E-state index contributed by atoms with van der Waals surface area (Å²) in [6, 6.07) is 17.7. The number of nitrogens with zero attached hydrogens (tertiary/aromatic N) is 3. The highest BCUT2D eigenvalue weighted by Crippen LogP contribution is 2.24. The second-order valence-electron chi connectivity index (χ2n) is 7.06. The molecule has 1 aromatic heterocycles. The monoisotopic (exact) mass is 534 g/mol. The van der Waals surface area contributed by atoms with Gasteiger partial charge in [0.2, 0.25) is 0 Å². The van der Waals surface area contributed by atoms with Crippen LogP contribution in [0.15, 0.2) is 70.3 Å². The molecule has 1 saturated heterocycles. The molecule has 0 atom stereocenters. The Kier molecular flexibility index (Phi) is 8.16. The molecule has 4 rings (SSSR count). The number of furan rings is 1. The molecular weight excluding hydrogens is 507 g/mol. The lowest BCUT2D eigenvalue weighted by molar-refractivity contribution is 0.0657. The summed E-state index contributed by atoms with van der Waals surface area (Å²) in [7, 11) is 1.77. The van der Waals surface area contributed by atoms with Crippen molar-refractivity contribution < 1.29 is 13.9 Å². The molecule has 8 heteroatoms. The van der Waals surface area contributed by atoms with Crippen LogP contribution in [0.2, 0.25) is 0 Å². The normalized spacial score (nSPS) is 14.3. The van der Waals surface area contributed by atoms with Gasteiger partial charge in [0.15, 0.2) is 11.7 Å². The van der Waals surface area contributed by atoms with Crippen molar-refractivity contribution in [3.05, 3.63) is 66.6 Å². The minimum atomic E-state index is -0.0638. The zero-order valence-electron chi connectivity index (χ0n) is 17.5. The summed E-state index contributed by atoms with van der Waals surface area (Å²) in [5, 5.41) is 5.64. The van der Waals surface area contributed by atoms with Crippen LogP contribution in [0.1, 0.15) is 10.6 Å². The fourth-order valence-electron chi connectivity index (χ4n) is 3.66. The van der Waals surface area contributed by atoms with Gasteiger partial charge in [0.05, 0.1) is 12.8 Å². The molecule has 0 saturated carbocycles. The summed E-state index contributed by atoms with van der Waals surface area (Å²) in [6.07, 6.45) is 1.52. The van der Waals surface area contributed by atoms with Gasteiger partial charge in [-0.25, -0.2) is 0 Å². The number of ether oxygens (including phenoxy) is 1. The van der Waals surface area contributed by atoms with Crippen molar-refractivity contribution in [3.8, 4) is 5.75 Å². The smallest absolute Gasteiger partial charge is 0.289 e. The van der Waals surface area contributed by atoms with Crippen molar-refractivity contribution in [3.63, 3.8) is 0 Å². The molecule has 164 valence electrons. The number of guanidine groups is 1. The molecule has 0 aliphatic carbocycles. The van der Waals surface area contributed by atoms with Crippen LogP contribution in [0.5, 0.6) is 5.75 Å². The molecular formula is C23H27IN4O3. The highest BCUT2D eigenvalue weighted by molar-refractivity contribution is 14.0. The second kappa shape index (κ2) is 11.0. The average Bonchev–Trinajstić information content (AvgIpc) is 3.34. The maximum absolute atomic E-state index is 12.4. The first-order chi connectivity index (χ1) is 14.8. The van der Waals surface area contributed by atoms with Crippen LogP contribution in [0.3, 0.4) is 0 Å². The Morgan fingerprint density at radius 3 is 2.52 bits per heavy atom.